The van der Waals surface area contributed by atoms with Crippen LogP contribution in [-0.2, 0) is 17.6 Å². The lowest BCUT2D eigenvalue weighted by molar-refractivity contribution is 0.0560. The van der Waals surface area contributed by atoms with Crippen molar-refractivity contribution < 1.29 is 18.7 Å². The fourth-order valence-corrected chi connectivity index (χ4v) is 4.48. The van der Waals surface area contributed by atoms with Crippen molar-refractivity contribution in [1.29, 1.82) is 0 Å². The first-order chi connectivity index (χ1) is 15.1. The molecule has 2 aliphatic carbocycles. The molecule has 1 aromatic carbocycles. The Hall–Kier alpha value is -3.18. The highest BCUT2D eigenvalue weighted by Gasteiger charge is 2.25. The van der Waals surface area contributed by atoms with E-state index in [1.807, 2.05) is 18.2 Å². The van der Waals surface area contributed by atoms with Gasteiger partial charge in [0.25, 0.3) is 5.95 Å². The van der Waals surface area contributed by atoms with Gasteiger partial charge in [-0.3, -0.25) is 0 Å². The highest BCUT2D eigenvalue weighted by Crippen LogP contribution is 2.29. The number of furan rings is 1. The molecule has 158 valence electrons. The summed E-state index contributed by atoms with van der Waals surface area (Å²) in [5.74, 6) is 0.734. The molecule has 0 saturated heterocycles. The largest absolute Gasteiger partial charge is 0.463 e. The normalized spacial score (nSPS) is 17.0. The molecule has 0 aliphatic heterocycles. The van der Waals surface area contributed by atoms with Crippen LogP contribution < -0.4 is 15.4 Å². The number of carbonyl (C=O) groups excluding carboxylic acids is 1. The molecule has 0 fully saturated rings. The minimum Gasteiger partial charge on any atom is -0.463 e. The van der Waals surface area contributed by atoms with E-state index in [1.165, 1.54) is 29.1 Å². The molecule has 31 heavy (non-hydrogen) atoms. The molecule has 0 saturated carbocycles. The fraction of sp³-hybridized carbons (Fsp3) is 0.240. The second kappa shape index (κ2) is 8.16. The van der Waals surface area contributed by atoms with Crippen molar-refractivity contribution in [3.05, 3.63) is 86.7 Å². The van der Waals surface area contributed by atoms with E-state index in [-0.39, 0.29) is 17.6 Å². The lowest BCUT2D eigenvalue weighted by Crippen LogP contribution is -2.23. The number of rotatable bonds is 5. The standard InChI is InChI=1S/C25H22ClNO4/c1-29-25(28)21-12-13-22(31-21)30-20-11-8-16(14-15-6-9-17(26)10-7-15)23-18-4-2-3-5-19(18)27-24(20)23/h5-13,16,27H,2-4,14H2,1H3. The number of benzene rings is 1. The number of hydrogen-bond donors (Lipinski definition) is 1. The Morgan fingerprint density at radius 1 is 1.23 bits per heavy atom. The zero-order valence-electron chi connectivity index (χ0n) is 17.1. The molecule has 0 bridgehead atoms. The highest BCUT2D eigenvalue weighted by atomic mass is 35.5. The summed E-state index contributed by atoms with van der Waals surface area (Å²) in [7, 11) is 1.32. The number of halogens is 1. The maximum absolute atomic E-state index is 11.7. The number of methoxy groups -OCH3 is 1. The summed E-state index contributed by atoms with van der Waals surface area (Å²) in [5.41, 5.74) is 3.87. The number of hydrogen-bond acceptors (Lipinski definition) is 4. The molecule has 0 spiro atoms. The molecule has 1 unspecified atom stereocenters. The van der Waals surface area contributed by atoms with E-state index >= 15 is 0 Å². The number of ether oxygens (including phenoxy) is 2. The Labute approximate surface area is 184 Å². The van der Waals surface area contributed by atoms with Crippen molar-refractivity contribution in [2.45, 2.75) is 31.6 Å². The van der Waals surface area contributed by atoms with Crippen LogP contribution in [-0.4, -0.2) is 18.1 Å². The Kier molecular flexibility index (Phi) is 5.20. The number of H-pyrrole nitrogens is 1. The molecule has 5 nitrogen and oxygen atoms in total. The molecule has 6 heteroatoms. The van der Waals surface area contributed by atoms with Gasteiger partial charge in [-0.1, -0.05) is 35.9 Å². The van der Waals surface area contributed by atoms with E-state index in [1.54, 1.807) is 12.1 Å². The first kappa shape index (κ1) is 19.8. The van der Waals surface area contributed by atoms with Gasteiger partial charge in [-0.2, -0.15) is 0 Å². The molecule has 0 amide bonds. The number of allylic oxidation sites excluding steroid dienone is 1. The predicted molar refractivity (Wildman–Crippen MR) is 119 cm³/mol. The van der Waals surface area contributed by atoms with Gasteiger partial charge in [0, 0.05) is 22.4 Å². The number of aromatic amines is 1. The maximum atomic E-state index is 11.7. The van der Waals surface area contributed by atoms with Gasteiger partial charge in [0.15, 0.2) is 5.76 Å². The van der Waals surface area contributed by atoms with Gasteiger partial charge in [-0.15, -0.1) is 0 Å². The molecular formula is C25H22ClNO4. The van der Waals surface area contributed by atoms with E-state index in [9.17, 15) is 4.79 Å². The van der Waals surface area contributed by atoms with Gasteiger partial charge >= 0.3 is 5.97 Å². The number of carbonyl (C=O) groups is 1. The molecule has 2 aromatic heterocycles. The third-order valence-electron chi connectivity index (χ3n) is 5.80. The monoisotopic (exact) mass is 435 g/mol. The number of aromatic nitrogens is 1. The van der Waals surface area contributed by atoms with Gasteiger partial charge in [-0.25, -0.2) is 4.79 Å². The zero-order chi connectivity index (χ0) is 21.4. The number of nitrogens with one attached hydrogen (secondary N) is 1. The van der Waals surface area contributed by atoms with Crippen molar-refractivity contribution >= 4 is 29.4 Å². The Morgan fingerprint density at radius 2 is 2.06 bits per heavy atom. The molecule has 0 radical (unpaired) electrons. The summed E-state index contributed by atoms with van der Waals surface area (Å²) in [6.07, 6.45) is 10.6. The minimum absolute atomic E-state index is 0.109. The van der Waals surface area contributed by atoms with Crippen LogP contribution in [0.4, 0.5) is 0 Å². The zero-order valence-corrected chi connectivity index (χ0v) is 17.9. The van der Waals surface area contributed by atoms with Crippen LogP contribution in [0, 0.1) is 0 Å². The van der Waals surface area contributed by atoms with Crippen LogP contribution in [0.15, 0.2) is 53.0 Å². The van der Waals surface area contributed by atoms with Crippen molar-refractivity contribution in [2.24, 2.45) is 0 Å². The first-order valence-electron chi connectivity index (χ1n) is 10.4. The van der Waals surface area contributed by atoms with Crippen LogP contribution in [0.2, 0.25) is 5.02 Å². The van der Waals surface area contributed by atoms with Crippen LogP contribution in [0.3, 0.4) is 0 Å². The minimum atomic E-state index is -0.535. The molecule has 2 aliphatic rings. The Morgan fingerprint density at radius 3 is 2.87 bits per heavy atom. The van der Waals surface area contributed by atoms with E-state index < -0.39 is 5.97 Å². The third kappa shape index (κ3) is 3.81. The topological polar surface area (TPSA) is 64.5 Å². The van der Waals surface area contributed by atoms with Gasteiger partial charge < -0.3 is 18.9 Å². The summed E-state index contributed by atoms with van der Waals surface area (Å²) >= 11 is 6.06. The van der Waals surface area contributed by atoms with Crippen molar-refractivity contribution in [2.75, 3.05) is 7.11 Å². The second-order valence-corrected chi connectivity index (χ2v) is 8.21. The number of esters is 1. The van der Waals surface area contributed by atoms with E-state index in [4.69, 9.17) is 25.5 Å². The predicted octanol–water partition coefficient (Wildman–Crippen LogP) is 4.25. The van der Waals surface area contributed by atoms with Gasteiger partial charge in [0.1, 0.15) is 0 Å². The lowest BCUT2D eigenvalue weighted by Gasteiger charge is -2.19. The smallest absolute Gasteiger partial charge is 0.374 e. The summed E-state index contributed by atoms with van der Waals surface area (Å²) in [6, 6.07) is 11.2. The Bertz CT molecular complexity index is 1280. The lowest BCUT2D eigenvalue weighted by atomic mass is 9.85. The molecule has 1 N–H and O–H groups in total. The summed E-state index contributed by atoms with van der Waals surface area (Å²) in [5, 5.41) is 2.89. The average molecular weight is 436 g/mol. The van der Waals surface area contributed by atoms with Gasteiger partial charge in [-0.05, 0) is 66.6 Å². The molecule has 3 aromatic rings. The molecular weight excluding hydrogens is 414 g/mol. The van der Waals surface area contributed by atoms with E-state index in [0.717, 1.165) is 36.1 Å². The molecule has 1 atom stereocenters. The first-order valence-corrected chi connectivity index (χ1v) is 10.7. The average Bonchev–Trinajstić information content (AvgIpc) is 3.41. The van der Waals surface area contributed by atoms with Crippen LogP contribution in [0.25, 0.3) is 11.8 Å². The van der Waals surface area contributed by atoms with E-state index in [0.29, 0.717) is 5.76 Å². The van der Waals surface area contributed by atoms with Crippen molar-refractivity contribution in [3.63, 3.8) is 0 Å². The summed E-state index contributed by atoms with van der Waals surface area (Å²) < 4.78 is 16.2. The Balaban J connectivity index is 1.54. The molecule has 2 heterocycles. The van der Waals surface area contributed by atoms with Crippen LogP contribution in [0.1, 0.15) is 46.0 Å². The summed E-state index contributed by atoms with van der Waals surface area (Å²) in [4.78, 5) is 15.2. The van der Waals surface area contributed by atoms with Gasteiger partial charge in [0.2, 0.25) is 5.76 Å². The van der Waals surface area contributed by atoms with Gasteiger partial charge in [0.05, 0.1) is 12.5 Å². The molecule has 5 rings (SSSR count). The number of fused-ring (bicyclic) bond motifs is 3. The maximum Gasteiger partial charge on any atom is 0.374 e. The summed E-state index contributed by atoms with van der Waals surface area (Å²) in [6.45, 7) is 0. The quantitative estimate of drug-likeness (QED) is 0.608. The van der Waals surface area contributed by atoms with Crippen molar-refractivity contribution in [3.8, 4) is 5.95 Å². The SMILES string of the molecule is COC(=O)c1ccc(OC2=c3[nH]c4c(c3C(Cc3ccc(Cl)cc3)C=C2)CCCC=4)o1. The fourth-order valence-electron chi connectivity index (χ4n) is 4.35. The van der Waals surface area contributed by atoms with Crippen molar-refractivity contribution in [1.82, 2.24) is 4.98 Å². The highest BCUT2D eigenvalue weighted by molar-refractivity contribution is 6.30. The van der Waals surface area contributed by atoms with Crippen LogP contribution in [0.5, 0.6) is 5.95 Å². The van der Waals surface area contributed by atoms with Crippen LogP contribution >= 0.6 is 11.6 Å². The second-order valence-electron chi connectivity index (χ2n) is 7.78. The van der Waals surface area contributed by atoms with E-state index in [2.05, 4.69) is 29.3 Å². The third-order valence-corrected chi connectivity index (χ3v) is 6.06.